The number of hydrogen-bond donors (Lipinski definition) is 0. The molecule has 5 heteroatoms. The summed E-state index contributed by atoms with van der Waals surface area (Å²) in [5.74, 6) is 4.39. The quantitative estimate of drug-likeness (QED) is 0.699. The maximum atomic E-state index is 12.2. The molecule has 1 saturated heterocycles. The second kappa shape index (κ2) is 3.85. The van der Waals surface area contributed by atoms with Gasteiger partial charge in [0, 0.05) is 0 Å². The summed E-state index contributed by atoms with van der Waals surface area (Å²) >= 11 is 0. The number of hydrogen-bond acceptors (Lipinski definition) is 4. The van der Waals surface area contributed by atoms with Crippen LogP contribution in [0.25, 0.3) is 0 Å². The van der Waals surface area contributed by atoms with Crippen LogP contribution in [0.1, 0.15) is 32.6 Å². The zero-order valence-electron chi connectivity index (χ0n) is 13.0. The van der Waals surface area contributed by atoms with Crippen molar-refractivity contribution in [2.75, 3.05) is 6.61 Å². The normalized spacial score (nSPS) is 58.5. The number of likely N-dealkylation sites (tertiary alicyclic amines) is 1. The van der Waals surface area contributed by atoms with Crippen molar-refractivity contribution in [2.24, 2.45) is 45.7 Å². The fourth-order valence-electron chi connectivity index (χ4n) is 7.44. The van der Waals surface area contributed by atoms with Crippen LogP contribution in [0.4, 0.5) is 4.79 Å². The molecule has 1 amide bonds. The Balaban J connectivity index is 1.34. The predicted octanol–water partition coefficient (Wildman–Crippen LogP) is 2.71. The van der Waals surface area contributed by atoms with Gasteiger partial charge >= 0.3 is 6.09 Å². The van der Waals surface area contributed by atoms with Gasteiger partial charge in [-0.05, 0) is 61.7 Å². The smallest absolute Gasteiger partial charge is 0.410 e. The molecule has 0 aromatic heterocycles. The minimum Gasteiger partial charge on any atom is -0.450 e. The van der Waals surface area contributed by atoms with Gasteiger partial charge in [-0.3, -0.25) is 4.90 Å². The summed E-state index contributed by atoms with van der Waals surface area (Å²) in [6.07, 6.45) is 5.34. The highest BCUT2D eigenvalue weighted by molar-refractivity contribution is 5.73. The Kier molecular flexibility index (Phi) is 2.15. The lowest BCUT2D eigenvalue weighted by atomic mass is 9.58. The van der Waals surface area contributed by atoms with E-state index in [9.17, 15) is 4.79 Å². The van der Waals surface area contributed by atoms with E-state index in [1.807, 2.05) is 6.92 Å². The van der Waals surface area contributed by atoms with Gasteiger partial charge in [-0.15, -0.1) is 0 Å². The summed E-state index contributed by atoms with van der Waals surface area (Å²) in [6.45, 7) is 2.38. The molecule has 7 aliphatic rings. The molecule has 118 valence electrons. The standard InChI is InChI=1S/C17H23N3O2/c1-2-22-17(21)20-15-9-6-10(16(15)20)12-11(9)13-7-4-3-5-8(7)14(12)19-18-13/h7-16H,2-6H2,1H3/t7-,8+,9+,10-,11+,12-,13-,14+,15+,16-,20?. The van der Waals surface area contributed by atoms with Crippen molar-refractivity contribution >= 4 is 6.09 Å². The predicted molar refractivity (Wildman–Crippen MR) is 78.3 cm³/mol. The van der Waals surface area contributed by atoms with Crippen molar-refractivity contribution < 1.29 is 9.53 Å². The number of piperidine rings is 1. The van der Waals surface area contributed by atoms with Crippen molar-refractivity contribution in [3.63, 3.8) is 0 Å². The summed E-state index contributed by atoms with van der Waals surface area (Å²) in [5, 5.41) is 9.50. The van der Waals surface area contributed by atoms with E-state index >= 15 is 0 Å². The van der Waals surface area contributed by atoms with Gasteiger partial charge in [0.1, 0.15) is 0 Å². The van der Waals surface area contributed by atoms with E-state index in [4.69, 9.17) is 15.0 Å². The molecule has 3 heterocycles. The molecule has 10 atom stereocenters. The highest BCUT2D eigenvalue weighted by atomic mass is 16.6. The van der Waals surface area contributed by atoms with E-state index in [0.29, 0.717) is 54.4 Å². The lowest BCUT2D eigenvalue weighted by Gasteiger charge is -2.50. The summed E-state index contributed by atoms with van der Waals surface area (Å²) in [7, 11) is 0. The van der Waals surface area contributed by atoms with Crippen molar-refractivity contribution in [3.05, 3.63) is 0 Å². The fraction of sp³-hybridized carbons (Fsp3) is 0.941. The van der Waals surface area contributed by atoms with Gasteiger partial charge in [0.05, 0.1) is 30.8 Å². The molecule has 4 aliphatic carbocycles. The van der Waals surface area contributed by atoms with Crippen molar-refractivity contribution in [3.8, 4) is 0 Å². The van der Waals surface area contributed by atoms with Crippen LogP contribution in [-0.4, -0.2) is 41.8 Å². The number of carbonyl (C=O) groups is 1. The third-order valence-corrected chi connectivity index (χ3v) is 7.86. The van der Waals surface area contributed by atoms with E-state index < -0.39 is 0 Å². The van der Waals surface area contributed by atoms with Crippen molar-refractivity contribution in [1.82, 2.24) is 4.90 Å². The topological polar surface area (TPSA) is 54.0 Å². The number of ether oxygens (including phenoxy) is 1. The molecule has 4 bridgehead atoms. The third-order valence-electron chi connectivity index (χ3n) is 7.86. The lowest BCUT2D eigenvalue weighted by molar-refractivity contribution is 0.0166. The number of fused-ring (bicyclic) bond motifs is 5. The number of nitrogens with zero attached hydrogens (tertiary/aromatic N) is 3. The molecule has 0 aromatic rings. The van der Waals surface area contributed by atoms with E-state index in [-0.39, 0.29) is 6.09 Å². The van der Waals surface area contributed by atoms with Gasteiger partial charge < -0.3 is 4.74 Å². The largest absolute Gasteiger partial charge is 0.450 e. The van der Waals surface area contributed by atoms with E-state index in [1.54, 1.807) is 0 Å². The third kappa shape index (κ3) is 1.20. The van der Waals surface area contributed by atoms with E-state index in [1.165, 1.54) is 25.7 Å². The van der Waals surface area contributed by atoms with E-state index in [2.05, 4.69) is 4.90 Å². The average Bonchev–Trinajstić information content (AvgIpc) is 2.92. The Bertz CT molecular complexity index is 540. The number of rotatable bonds is 1. The van der Waals surface area contributed by atoms with Crippen molar-refractivity contribution in [1.29, 1.82) is 0 Å². The molecular formula is C17H23N3O2. The molecule has 7 rings (SSSR count). The summed E-state index contributed by atoms with van der Waals surface area (Å²) in [4.78, 5) is 14.2. The molecule has 0 N–H and O–H groups in total. The van der Waals surface area contributed by atoms with Crippen LogP contribution in [0, 0.1) is 35.5 Å². The van der Waals surface area contributed by atoms with Gasteiger partial charge in [0.15, 0.2) is 0 Å². The van der Waals surface area contributed by atoms with Crippen LogP contribution in [0.15, 0.2) is 10.2 Å². The molecule has 3 aliphatic heterocycles. The Hall–Kier alpha value is -1.13. The zero-order valence-corrected chi connectivity index (χ0v) is 13.0. The first-order valence-electron chi connectivity index (χ1n) is 9.16. The molecule has 4 saturated carbocycles. The monoisotopic (exact) mass is 301 g/mol. The van der Waals surface area contributed by atoms with Crippen LogP contribution >= 0.6 is 0 Å². The molecule has 0 aromatic carbocycles. The molecule has 5 fully saturated rings. The Morgan fingerprint density at radius 2 is 1.64 bits per heavy atom. The first-order valence-corrected chi connectivity index (χ1v) is 9.16. The van der Waals surface area contributed by atoms with Gasteiger partial charge in [0.2, 0.25) is 0 Å². The van der Waals surface area contributed by atoms with Crippen LogP contribution in [-0.2, 0) is 4.74 Å². The van der Waals surface area contributed by atoms with Crippen LogP contribution in [0.5, 0.6) is 0 Å². The minimum atomic E-state index is -0.0766. The second-order valence-electron chi connectivity index (χ2n) is 8.28. The molecule has 0 spiro atoms. The minimum absolute atomic E-state index is 0.0766. The summed E-state index contributed by atoms with van der Waals surface area (Å²) in [5.41, 5.74) is 0. The molecular weight excluding hydrogens is 278 g/mol. The second-order valence-corrected chi connectivity index (χ2v) is 8.28. The van der Waals surface area contributed by atoms with Crippen LogP contribution in [0.2, 0.25) is 0 Å². The Morgan fingerprint density at radius 1 is 1.05 bits per heavy atom. The Labute approximate surface area is 130 Å². The van der Waals surface area contributed by atoms with Gasteiger partial charge in [-0.2, -0.15) is 10.2 Å². The van der Waals surface area contributed by atoms with Crippen LogP contribution < -0.4 is 0 Å². The molecule has 0 unspecified atom stereocenters. The molecule has 22 heavy (non-hydrogen) atoms. The number of azo groups is 1. The SMILES string of the molecule is CCOC(=O)N1[C@@H]2[C@@H]3C[C@@H]([C@@H]4[C@@H]5N=N[C@@H]([C@H]6CCC[C@H]65)[C@H]34)[C@@H]21. The maximum absolute atomic E-state index is 12.2. The lowest BCUT2D eigenvalue weighted by Crippen LogP contribution is -2.55. The highest BCUT2D eigenvalue weighted by Gasteiger charge is 2.77. The van der Waals surface area contributed by atoms with Crippen molar-refractivity contribution in [2.45, 2.75) is 56.8 Å². The Morgan fingerprint density at radius 3 is 2.18 bits per heavy atom. The summed E-state index contributed by atoms with van der Waals surface area (Å²) in [6, 6.07) is 1.89. The number of carbonyl (C=O) groups excluding carboxylic acids is 1. The van der Waals surface area contributed by atoms with Crippen LogP contribution in [0.3, 0.4) is 0 Å². The molecule has 0 radical (unpaired) electrons. The van der Waals surface area contributed by atoms with E-state index in [0.717, 1.165) is 11.8 Å². The zero-order chi connectivity index (χ0) is 14.6. The average molecular weight is 301 g/mol. The van der Waals surface area contributed by atoms with Gasteiger partial charge in [-0.25, -0.2) is 4.79 Å². The first kappa shape index (κ1) is 12.3. The highest BCUT2D eigenvalue weighted by Crippen LogP contribution is 2.70. The van der Waals surface area contributed by atoms with Gasteiger partial charge in [-0.1, -0.05) is 6.42 Å². The fourth-order valence-corrected chi connectivity index (χ4v) is 7.44. The number of amides is 1. The summed E-state index contributed by atoms with van der Waals surface area (Å²) < 4.78 is 5.26. The first-order chi connectivity index (χ1) is 10.8. The molecule has 5 nitrogen and oxygen atoms in total. The van der Waals surface area contributed by atoms with Gasteiger partial charge in [0.25, 0.3) is 0 Å². The maximum Gasteiger partial charge on any atom is 0.410 e.